The van der Waals surface area contributed by atoms with E-state index in [1.54, 1.807) is 0 Å². The number of carbonyl (C=O) groups excluding carboxylic acids is 3. The van der Waals surface area contributed by atoms with Gasteiger partial charge in [0.15, 0.2) is 24.6 Å². The number of carbonyl (C=O) groups is 4. The van der Waals surface area contributed by atoms with Crippen molar-refractivity contribution in [3.05, 3.63) is 24.3 Å². The van der Waals surface area contributed by atoms with Crippen molar-refractivity contribution in [2.45, 2.75) is 302 Å². The average molecular weight is 979 g/mol. The summed E-state index contributed by atoms with van der Waals surface area (Å²) in [6.45, 7) is 5.91. The van der Waals surface area contributed by atoms with Gasteiger partial charge in [0, 0.05) is 19.3 Å². The molecule has 0 radical (unpaired) electrons. The van der Waals surface area contributed by atoms with Gasteiger partial charge in [-0.15, -0.1) is 0 Å². The molecule has 12 heteroatoms. The Morgan fingerprint density at radius 3 is 1.28 bits per heavy atom. The molecule has 1 heterocycles. The van der Waals surface area contributed by atoms with E-state index in [0.29, 0.717) is 19.3 Å². The predicted octanol–water partition coefficient (Wildman–Crippen LogP) is 13.9. The zero-order valence-corrected chi connectivity index (χ0v) is 44.1. The monoisotopic (exact) mass is 979 g/mol. The summed E-state index contributed by atoms with van der Waals surface area (Å²) in [6.07, 6.45) is 38.9. The van der Waals surface area contributed by atoms with Crippen LogP contribution in [0, 0.1) is 0 Å². The Morgan fingerprint density at radius 1 is 0.464 bits per heavy atom. The third-order valence-electron chi connectivity index (χ3n) is 13.0. The van der Waals surface area contributed by atoms with Crippen LogP contribution in [0.5, 0.6) is 0 Å². The number of unbranched alkanes of at least 4 members (excludes halogenated alkanes) is 30. The zero-order valence-electron chi connectivity index (χ0n) is 44.1. The van der Waals surface area contributed by atoms with Gasteiger partial charge in [0.1, 0.15) is 18.8 Å². The number of carboxylic acids is 1. The second-order valence-electron chi connectivity index (χ2n) is 19.6. The highest BCUT2D eigenvalue weighted by molar-refractivity contribution is 5.74. The number of aliphatic hydroxyl groups excluding tert-OH is 2. The summed E-state index contributed by atoms with van der Waals surface area (Å²) in [5.74, 6) is -3.11. The molecule has 6 unspecified atom stereocenters. The number of hydrogen-bond acceptors (Lipinski definition) is 11. The van der Waals surface area contributed by atoms with Crippen LogP contribution in [0.25, 0.3) is 0 Å². The molecule has 1 aliphatic heterocycles. The molecule has 1 rings (SSSR count). The van der Waals surface area contributed by atoms with Crippen LogP contribution in [0.3, 0.4) is 0 Å². The Morgan fingerprint density at radius 2 is 0.841 bits per heavy atom. The summed E-state index contributed by atoms with van der Waals surface area (Å²) in [5.41, 5.74) is 0. The lowest BCUT2D eigenvalue weighted by Crippen LogP contribution is -2.61. The molecule has 0 saturated carbocycles. The van der Waals surface area contributed by atoms with E-state index in [1.165, 1.54) is 122 Å². The van der Waals surface area contributed by atoms with E-state index in [9.17, 15) is 34.5 Å². The van der Waals surface area contributed by atoms with Crippen LogP contribution in [-0.2, 0) is 42.9 Å². The molecule has 0 bridgehead atoms. The molecule has 6 atom stereocenters. The molecular formula is C57H102O12. The van der Waals surface area contributed by atoms with Gasteiger partial charge in [-0.25, -0.2) is 4.79 Å². The van der Waals surface area contributed by atoms with Gasteiger partial charge in [-0.3, -0.25) is 14.4 Å². The van der Waals surface area contributed by atoms with E-state index >= 15 is 0 Å². The summed E-state index contributed by atoms with van der Waals surface area (Å²) in [6, 6.07) is 0. The molecule has 0 aromatic carbocycles. The van der Waals surface area contributed by atoms with Gasteiger partial charge in [-0.1, -0.05) is 206 Å². The van der Waals surface area contributed by atoms with Crippen LogP contribution < -0.4 is 0 Å². The molecule has 3 N–H and O–H groups in total. The summed E-state index contributed by atoms with van der Waals surface area (Å²) >= 11 is 0. The highest BCUT2D eigenvalue weighted by Crippen LogP contribution is 2.26. The topological polar surface area (TPSA) is 175 Å². The smallest absolute Gasteiger partial charge is 0.335 e. The number of hydrogen-bond donors (Lipinski definition) is 3. The fourth-order valence-corrected chi connectivity index (χ4v) is 8.58. The van der Waals surface area contributed by atoms with E-state index in [1.807, 2.05) is 0 Å². The second-order valence-corrected chi connectivity index (χ2v) is 19.6. The van der Waals surface area contributed by atoms with Crippen LogP contribution in [0.1, 0.15) is 265 Å². The van der Waals surface area contributed by atoms with Gasteiger partial charge in [-0.05, 0) is 64.2 Å². The minimum atomic E-state index is -1.90. The third-order valence-corrected chi connectivity index (χ3v) is 13.0. The average Bonchev–Trinajstić information content (AvgIpc) is 3.33. The SMILES string of the molecule is CCCC/C=C\CCCCCCCC(=O)OC(COC(=O)CCCCCCCCCCC/C=C\CCCCCCCC)COC1OC(C(=O)O)C(O)C(O)C1OC(=O)CCCCCCCCCCC. The molecule has 12 nitrogen and oxygen atoms in total. The van der Waals surface area contributed by atoms with Crippen LogP contribution >= 0.6 is 0 Å². The first kappa shape index (κ1) is 64.2. The third kappa shape index (κ3) is 36.7. The number of aliphatic carboxylic acids is 1. The van der Waals surface area contributed by atoms with E-state index in [-0.39, 0.29) is 25.9 Å². The standard InChI is InChI=1S/C57H102O12/c1-4-7-10-13-16-19-21-22-23-24-25-26-27-28-30-32-34-37-40-43-49(58)65-46-48(67-50(59)44-41-38-36-33-29-20-17-14-11-8-5-2)47-66-57-55(53(62)52(61)54(69-57)56(63)64)68-51(60)45-42-39-35-31-18-15-12-9-6-3/h14,17,22-23,48,52-55,57,61-62H,4-13,15-16,18-21,24-47H2,1-3H3,(H,63,64)/b17-14-,23-22-. The van der Waals surface area contributed by atoms with Crippen LogP contribution in [0.15, 0.2) is 24.3 Å². The van der Waals surface area contributed by atoms with E-state index < -0.39 is 67.3 Å². The summed E-state index contributed by atoms with van der Waals surface area (Å²) in [7, 11) is 0. The molecule has 1 fully saturated rings. The normalized spacial score (nSPS) is 18.8. The Kier molecular flexibility index (Phi) is 43.1. The Balaban J connectivity index is 2.64. The van der Waals surface area contributed by atoms with Crippen LogP contribution in [0.2, 0.25) is 0 Å². The minimum Gasteiger partial charge on any atom is -0.479 e. The molecule has 0 spiro atoms. The molecule has 0 amide bonds. The summed E-state index contributed by atoms with van der Waals surface area (Å²) in [5, 5.41) is 31.3. The van der Waals surface area contributed by atoms with Crippen molar-refractivity contribution < 1.29 is 58.2 Å². The molecular weight excluding hydrogens is 877 g/mol. The number of rotatable bonds is 48. The number of esters is 3. The summed E-state index contributed by atoms with van der Waals surface area (Å²) < 4.78 is 28.3. The van der Waals surface area contributed by atoms with Gasteiger partial charge >= 0.3 is 23.9 Å². The van der Waals surface area contributed by atoms with Gasteiger partial charge in [-0.2, -0.15) is 0 Å². The van der Waals surface area contributed by atoms with Gasteiger partial charge in [0.05, 0.1) is 6.61 Å². The van der Waals surface area contributed by atoms with Crippen molar-refractivity contribution in [1.82, 2.24) is 0 Å². The highest BCUT2D eigenvalue weighted by Gasteiger charge is 2.50. The van der Waals surface area contributed by atoms with E-state index in [0.717, 1.165) is 83.5 Å². The van der Waals surface area contributed by atoms with Crippen LogP contribution in [0.4, 0.5) is 0 Å². The maximum absolute atomic E-state index is 13.1. The van der Waals surface area contributed by atoms with Gasteiger partial charge in [0.2, 0.25) is 0 Å². The molecule has 1 saturated heterocycles. The fraction of sp³-hybridized carbons (Fsp3) is 0.860. The predicted molar refractivity (Wildman–Crippen MR) is 276 cm³/mol. The molecule has 0 aromatic rings. The number of ether oxygens (including phenoxy) is 5. The lowest BCUT2D eigenvalue weighted by atomic mass is 9.98. The minimum absolute atomic E-state index is 0.0637. The van der Waals surface area contributed by atoms with E-state index in [2.05, 4.69) is 45.1 Å². The van der Waals surface area contributed by atoms with Crippen molar-refractivity contribution >= 4 is 23.9 Å². The number of carboxylic acid groups (broad SMARTS) is 1. The molecule has 0 aliphatic carbocycles. The van der Waals surface area contributed by atoms with Crippen LogP contribution in [-0.4, -0.2) is 89.2 Å². The van der Waals surface area contributed by atoms with Gasteiger partial charge < -0.3 is 39.0 Å². The highest BCUT2D eigenvalue weighted by atomic mass is 16.7. The first-order chi connectivity index (χ1) is 33.6. The fourth-order valence-electron chi connectivity index (χ4n) is 8.58. The Labute approximate surface area is 419 Å². The zero-order chi connectivity index (χ0) is 50.4. The lowest BCUT2D eigenvalue weighted by molar-refractivity contribution is -0.301. The first-order valence-electron chi connectivity index (χ1n) is 28.3. The molecule has 0 aromatic heterocycles. The Hall–Kier alpha value is -2.80. The summed E-state index contributed by atoms with van der Waals surface area (Å²) in [4.78, 5) is 50.8. The van der Waals surface area contributed by atoms with Crippen molar-refractivity contribution in [3.8, 4) is 0 Å². The maximum Gasteiger partial charge on any atom is 0.335 e. The molecule has 402 valence electrons. The van der Waals surface area contributed by atoms with Crippen molar-refractivity contribution in [2.75, 3.05) is 13.2 Å². The number of aliphatic hydroxyl groups is 2. The largest absolute Gasteiger partial charge is 0.479 e. The molecule has 69 heavy (non-hydrogen) atoms. The first-order valence-corrected chi connectivity index (χ1v) is 28.3. The maximum atomic E-state index is 13.1. The Bertz CT molecular complexity index is 1300. The van der Waals surface area contributed by atoms with Gasteiger partial charge in [0.25, 0.3) is 0 Å². The van der Waals surface area contributed by atoms with Crippen molar-refractivity contribution in [2.24, 2.45) is 0 Å². The lowest BCUT2D eigenvalue weighted by Gasteiger charge is -2.40. The molecule has 1 aliphatic rings. The van der Waals surface area contributed by atoms with Crippen molar-refractivity contribution in [3.63, 3.8) is 0 Å². The van der Waals surface area contributed by atoms with E-state index in [4.69, 9.17) is 23.7 Å². The van der Waals surface area contributed by atoms with Crippen molar-refractivity contribution in [1.29, 1.82) is 0 Å². The second kappa shape index (κ2) is 46.3. The number of allylic oxidation sites excluding steroid dienone is 4. The quantitative estimate of drug-likeness (QED) is 0.0228.